The van der Waals surface area contributed by atoms with Crippen molar-refractivity contribution in [3.8, 4) is 0 Å². The maximum absolute atomic E-state index is 13.7. The first-order valence-corrected chi connectivity index (χ1v) is 6.76. The molecule has 22 heavy (non-hydrogen) atoms. The summed E-state index contributed by atoms with van der Waals surface area (Å²) in [6.07, 6.45) is 2.92. The van der Waals surface area contributed by atoms with Crippen LogP contribution in [0.4, 0.5) is 13.2 Å². The van der Waals surface area contributed by atoms with Crippen LogP contribution in [0.15, 0.2) is 23.9 Å². The van der Waals surface area contributed by atoms with Crippen molar-refractivity contribution in [2.75, 3.05) is 6.61 Å². The van der Waals surface area contributed by atoms with Gasteiger partial charge in [-0.3, -0.25) is 4.79 Å². The van der Waals surface area contributed by atoms with Crippen molar-refractivity contribution in [3.63, 3.8) is 0 Å². The number of rotatable bonds is 6. The second-order valence-corrected chi connectivity index (χ2v) is 4.79. The highest BCUT2D eigenvalue weighted by Crippen LogP contribution is 2.21. The maximum Gasteiger partial charge on any atom is 0.343 e. The van der Waals surface area contributed by atoms with Gasteiger partial charge in [-0.2, -0.15) is 0 Å². The first-order valence-electron chi connectivity index (χ1n) is 6.76. The lowest BCUT2D eigenvalue weighted by Gasteiger charge is -2.08. The highest BCUT2D eigenvalue weighted by atomic mass is 19.2. The summed E-state index contributed by atoms with van der Waals surface area (Å²) < 4.78 is 44.5. The molecule has 1 aliphatic carbocycles. The molecule has 0 heterocycles. The average molecular weight is 313 g/mol. The van der Waals surface area contributed by atoms with Gasteiger partial charge in [0.2, 0.25) is 5.78 Å². The quantitative estimate of drug-likeness (QED) is 0.219. The van der Waals surface area contributed by atoms with Gasteiger partial charge in [-0.05, 0) is 25.8 Å². The summed E-state index contributed by atoms with van der Waals surface area (Å²) in [5.74, 6) is -6.05. The fraction of sp³-hybridized carbons (Fsp3) is 0.333. The number of carbonyl (C=O) groups is 2. The highest BCUT2D eigenvalue weighted by Gasteiger charge is 2.27. The number of esters is 1. The molecule has 0 radical (unpaired) electrons. The molecular weight excluding hydrogens is 299 g/mol. The molecule has 118 valence electrons. The van der Waals surface area contributed by atoms with Crippen LogP contribution in [0.2, 0.25) is 0 Å². The van der Waals surface area contributed by atoms with Gasteiger partial charge in [0.25, 0.3) is 0 Å². The van der Waals surface area contributed by atoms with Gasteiger partial charge in [-0.15, -0.1) is 0 Å². The number of benzene rings is 1. The Morgan fingerprint density at radius 3 is 2.45 bits per heavy atom. The molecule has 2 rings (SSSR count). The molecule has 4 nitrogen and oxygen atoms in total. The van der Waals surface area contributed by atoms with Gasteiger partial charge in [0.15, 0.2) is 11.6 Å². The van der Waals surface area contributed by atoms with Gasteiger partial charge in [-0.25, -0.2) is 18.0 Å². The number of nitrogens with one attached hydrogen (secondary N) is 1. The average Bonchev–Trinajstić information content (AvgIpc) is 3.27. The molecule has 1 saturated carbocycles. The Morgan fingerprint density at radius 1 is 1.23 bits per heavy atom. The monoisotopic (exact) mass is 313 g/mol. The Bertz CT molecular complexity index is 639. The van der Waals surface area contributed by atoms with Gasteiger partial charge in [0.1, 0.15) is 11.4 Å². The second-order valence-electron chi connectivity index (χ2n) is 4.79. The first kappa shape index (κ1) is 16.1. The lowest BCUT2D eigenvalue weighted by Crippen LogP contribution is -2.21. The van der Waals surface area contributed by atoms with Crippen molar-refractivity contribution in [3.05, 3.63) is 46.9 Å². The molecule has 0 unspecified atom stereocenters. The molecule has 0 amide bonds. The van der Waals surface area contributed by atoms with Gasteiger partial charge in [0.05, 0.1) is 12.2 Å². The van der Waals surface area contributed by atoms with E-state index in [4.69, 9.17) is 4.74 Å². The SMILES string of the molecule is CCOC(=O)/C(=C\NC1CC1)C(=O)c1cc(F)c(F)cc1F. The number of ether oxygens (including phenoxy) is 1. The van der Waals surface area contributed by atoms with Gasteiger partial charge < -0.3 is 10.1 Å². The molecule has 0 bridgehead atoms. The highest BCUT2D eigenvalue weighted by molar-refractivity contribution is 6.24. The van der Waals surface area contributed by atoms with Crippen LogP contribution in [0.5, 0.6) is 0 Å². The van der Waals surface area contributed by atoms with E-state index in [0.717, 1.165) is 19.0 Å². The zero-order valence-corrected chi connectivity index (χ0v) is 11.8. The second kappa shape index (κ2) is 6.64. The van der Waals surface area contributed by atoms with Crippen LogP contribution in [0.3, 0.4) is 0 Å². The first-order chi connectivity index (χ1) is 10.4. The predicted molar refractivity (Wildman–Crippen MR) is 71.5 cm³/mol. The summed E-state index contributed by atoms with van der Waals surface area (Å²) in [7, 11) is 0. The molecule has 0 saturated heterocycles. The number of Topliss-reactive ketones (excluding diaryl/α,β-unsaturated/α-hetero) is 1. The maximum atomic E-state index is 13.7. The van der Waals surface area contributed by atoms with Crippen molar-refractivity contribution in [2.45, 2.75) is 25.8 Å². The number of hydrogen-bond donors (Lipinski definition) is 1. The molecule has 1 aliphatic rings. The van der Waals surface area contributed by atoms with Crippen molar-refractivity contribution in [1.82, 2.24) is 5.32 Å². The van der Waals surface area contributed by atoms with E-state index in [1.807, 2.05) is 0 Å². The largest absolute Gasteiger partial charge is 0.462 e. The molecule has 1 fully saturated rings. The number of hydrogen-bond acceptors (Lipinski definition) is 4. The summed E-state index contributed by atoms with van der Waals surface area (Å²) in [5, 5.41) is 2.82. The lowest BCUT2D eigenvalue weighted by atomic mass is 10.0. The molecule has 1 N–H and O–H groups in total. The predicted octanol–water partition coefficient (Wildman–Crippen LogP) is 2.49. The number of halogens is 3. The topological polar surface area (TPSA) is 55.4 Å². The standard InChI is InChI=1S/C15H14F3NO3/c1-2-22-15(21)10(7-19-8-3-4-8)14(20)9-5-12(17)13(18)6-11(9)16/h5-8,19H,2-4H2,1H3/b10-7-. The van der Waals surface area contributed by atoms with Crippen molar-refractivity contribution < 1.29 is 27.5 Å². The minimum absolute atomic E-state index is 0.0210. The molecular formula is C15H14F3NO3. The number of carbonyl (C=O) groups excluding carboxylic acids is 2. The van der Waals surface area contributed by atoms with Crippen molar-refractivity contribution in [2.24, 2.45) is 0 Å². The Hall–Kier alpha value is -2.31. The van der Waals surface area contributed by atoms with E-state index in [9.17, 15) is 22.8 Å². The van der Waals surface area contributed by atoms with E-state index >= 15 is 0 Å². The zero-order valence-electron chi connectivity index (χ0n) is 11.8. The molecule has 0 spiro atoms. The molecule has 1 aromatic rings. The van der Waals surface area contributed by atoms with Crippen LogP contribution in [0, 0.1) is 17.5 Å². The van der Waals surface area contributed by atoms with Crippen LogP contribution in [-0.4, -0.2) is 24.4 Å². The van der Waals surface area contributed by atoms with Crippen molar-refractivity contribution >= 4 is 11.8 Å². The molecule has 0 aliphatic heterocycles. The smallest absolute Gasteiger partial charge is 0.343 e. The van der Waals surface area contributed by atoms with E-state index in [0.29, 0.717) is 6.07 Å². The van der Waals surface area contributed by atoms with Crippen LogP contribution in [0.25, 0.3) is 0 Å². The van der Waals surface area contributed by atoms with Crippen LogP contribution >= 0.6 is 0 Å². The van der Waals surface area contributed by atoms with E-state index in [1.165, 1.54) is 0 Å². The summed E-state index contributed by atoms with van der Waals surface area (Å²) in [6.45, 7) is 1.57. The van der Waals surface area contributed by atoms with E-state index < -0.39 is 40.3 Å². The third kappa shape index (κ3) is 3.66. The Kier molecular flexibility index (Phi) is 4.85. The summed E-state index contributed by atoms with van der Waals surface area (Å²) in [4.78, 5) is 24.1. The van der Waals surface area contributed by atoms with E-state index in [2.05, 4.69) is 5.32 Å². The fourth-order valence-electron chi connectivity index (χ4n) is 1.72. The van der Waals surface area contributed by atoms with Gasteiger partial charge in [0, 0.05) is 18.3 Å². The van der Waals surface area contributed by atoms with Gasteiger partial charge >= 0.3 is 5.97 Å². The minimum Gasteiger partial charge on any atom is -0.462 e. The van der Waals surface area contributed by atoms with E-state index in [-0.39, 0.29) is 18.7 Å². The van der Waals surface area contributed by atoms with E-state index in [1.54, 1.807) is 6.92 Å². The molecule has 0 aromatic heterocycles. The lowest BCUT2D eigenvalue weighted by molar-refractivity contribution is -0.138. The Labute approximate surface area is 125 Å². The summed E-state index contributed by atoms with van der Waals surface area (Å²) in [6, 6.07) is 0.837. The summed E-state index contributed by atoms with van der Waals surface area (Å²) >= 11 is 0. The normalized spacial score (nSPS) is 14.6. The third-order valence-electron chi connectivity index (χ3n) is 3.04. The van der Waals surface area contributed by atoms with Crippen LogP contribution < -0.4 is 5.32 Å². The van der Waals surface area contributed by atoms with Crippen molar-refractivity contribution in [1.29, 1.82) is 0 Å². The zero-order chi connectivity index (χ0) is 16.3. The van der Waals surface area contributed by atoms with Crippen LogP contribution in [0.1, 0.15) is 30.1 Å². The molecule has 1 aromatic carbocycles. The summed E-state index contributed by atoms with van der Waals surface area (Å²) in [5.41, 5.74) is -1.19. The fourth-order valence-corrected chi connectivity index (χ4v) is 1.72. The Morgan fingerprint density at radius 2 is 1.86 bits per heavy atom. The Balaban J connectivity index is 2.33. The minimum atomic E-state index is -1.41. The van der Waals surface area contributed by atoms with Crippen LogP contribution in [-0.2, 0) is 9.53 Å². The molecule has 0 atom stereocenters. The molecule has 7 heteroatoms. The van der Waals surface area contributed by atoms with Gasteiger partial charge in [-0.1, -0.05) is 0 Å². The number of ketones is 1. The third-order valence-corrected chi connectivity index (χ3v) is 3.04.